The Morgan fingerprint density at radius 2 is 1.85 bits per heavy atom. The number of piperidine rings is 1. The van der Waals surface area contributed by atoms with Crippen molar-refractivity contribution >= 4 is 21.8 Å². The van der Waals surface area contributed by atoms with Crippen molar-refractivity contribution in [3.05, 3.63) is 34.9 Å². The van der Waals surface area contributed by atoms with E-state index in [4.69, 9.17) is 16.3 Å². The standard InChI is InChI=1S/C18H28ClN3O3S/c1-15-6-8-22(9-7-15)26(23,24)20-14-18(21-10-12-25-13-11-21)16-4-2-3-5-17(16)19/h2-5,15,18,20H,6-14H2,1H3. The second-order valence-electron chi connectivity index (χ2n) is 7.12. The third-order valence-electron chi connectivity index (χ3n) is 5.29. The minimum Gasteiger partial charge on any atom is -0.379 e. The number of morpholine rings is 1. The lowest BCUT2D eigenvalue weighted by molar-refractivity contribution is 0.0171. The van der Waals surface area contributed by atoms with Crippen LogP contribution in [-0.2, 0) is 14.9 Å². The zero-order valence-electron chi connectivity index (χ0n) is 15.2. The van der Waals surface area contributed by atoms with E-state index in [-0.39, 0.29) is 6.04 Å². The average molecular weight is 402 g/mol. The molecule has 1 N–H and O–H groups in total. The van der Waals surface area contributed by atoms with Crippen LogP contribution in [0.25, 0.3) is 0 Å². The van der Waals surface area contributed by atoms with Gasteiger partial charge in [0.2, 0.25) is 0 Å². The molecule has 2 fully saturated rings. The first kappa shape index (κ1) is 20.0. The normalized spacial score (nSPS) is 22.4. The molecule has 0 bridgehead atoms. The van der Waals surface area contributed by atoms with Crippen LogP contribution in [0.2, 0.25) is 5.02 Å². The fourth-order valence-corrected chi connectivity index (χ4v) is 5.08. The topological polar surface area (TPSA) is 61.9 Å². The molecule has 3 rings (SSSR count). The molecule has 2 heterocycles. The molecule has 2 aliphatic heterocycles. The van der Waals surface area contributed by atoms with Gasteiger partial charge < -0.3 is 4.74 Å². The smallest absolute Gasteiger partial charge is 0.279 e. The highest BCUT2D eigenvalue weighted by Gasteiger charge is 2.30. The highest BCUT2D eigenvalue weighted by molar-refractivity contribution is 7.87. The zero-order chi connectivity index (χ0) is 18.6. The van der Waals surface area contributed by atoms with Gasteiger partial charge in [0, 0.05) is 37.7 Å². The number of nitrogens with one attached hydrogen (secondary N) is 1. The largest absolute Gasteiger partial charge is 0.379 e. The summed E-state index contributed by atoms with van der Waals surface area (Å²) in [6.07, 6.45) is 1.83. The minimum atomic E-state index is -3.48. The van der Waals surface area contributed by atoms with Crippen LogP contribution in [0.5, 0.6) is 0 Å². The van der Waals surface area contributed by atoms with E-state index in [0.29, 0.717) is 43.8 Å². The SMILES string of the molecule is CC1CCN(S(=O)(=O)NCC(c2ccccc2Cl)N2CCOCC2)CC1. The van der Waals surface area contributed by atoms with E-state index in [1.54, 1.807) is 4.31 Å². The zero-order valence-corrected chi connectivity index (χ0v) is 16.8. The van der Waals surface area contributed by atoms with E-state index in [9.17, 15) is 8.42 Å². The maximum absolute atomic E-state index is 12.7. The summed E-state index contributed by atoms with van der Waals surface area (Å²) in [6, 6.07) is 7.55. The molecule has 1 unspecified atom stereocenters. The van der Waals surface area contributed by atoms with Crippen LogP contribution in [-0.4, -0.2) is 63.6 Å². The molecule has 0 aromatic heterocycles. The molecule has 0 amide bonds. The first-order valence-corrected chi connectivity index (χ1v) is 11.1. The summed E-state index contributed by atoms with van der Waals surface area (Å²) < 4.78 is 35.3. The number of rotatable bonds is 6. The summed E-state index contributed by atoms with van der Waals surface area (Å²) in [4.78, 5) is 2.24. The van der Waals surface area contributed by atoms with Gasteiger partial charge in [0.25, 0.3) is 10.2 Å². The van der Waals surface area contributed by atoms with Crippen LogP contribution in [0.3, 0.4) is 0 Å². The van der Waals surface area contributed by atoms with E-state index < -0.39 is 10.2 Å². The Hall–Kier alpha value is -0.700. The van der Waals surface area contributed by atoms with Gasteiger partial charge in [-0.3, -0.25) is 4.90 Å². The summed E-state index contributed by atoms with van der Waals surface area (Å²) in [5.41, 5.74) is 0.950. The molecule has 1 aromatic carbocycles. The van der Waals surface area contributed by atoms with Crippen molar-refractivity contribution in [3.8, 4) is 0 Å². The lowest BCUT2D eigenvalue weighted by Gasteiger charge is -2.36. The Labute approximate surface area is 161 Å². The number of hydrogen-bond donors (Lipinski definition) is 1. The van der Waals surface area contributed by atoms with Gasteiger partial charge in [-0.2, -0.15) is 12.7 Å². The summed E-state index contributed by atoms with van der Waals surface area (Å²) in [5.74, 6) is 0.589. The highest BCUT2D eigenvalue weighted by Crippen LogP contribution is 2.28. The van der Waals surface area contributed by atoms with Gasteiger partial charge >= 0.3 is 0 Å². The van der Waals surface area contributed by atoms with Gasteiger partial charge in [0.05, 0.1) is 19.3 Å². The molecular weight excluding hydrogens is 374 g/mol. The van der Waals surface area contributed by atoms with Crippen molar-refractivity contribution in [2.45, 2.75) is 25.8 Å². The van der Waals surface area contributed by atoms with Gasteiger partial charge in [-0.25, -0.2) is 4.72 Å². The third kappa shape index (κ3) is 4.97. The Morgan fingerprint density at radius 3 is 2.50 bits per heavy atom. The molecule has 6 nitrogen and oxygen atoms in total. The van der Waals surface area contributed by atoms with Crippen molar-refractivity contribution in [1.82, 2.24) is 13.9 Å². The molecule has 1 atom stereocenters. The Kier molecular flexibility index (Phi) is 6.93. The average Bonchev–Trinajstić information content (AvgIpc) is 2.64. The number of ether oxygens (including phenoxy) is 1. The molecule has 0 saturated carbocycles. The van der Waals surface area contributed by atoms with Crippen molar-refractivity contribution in [3.63, 3.8) is 0 Å². The summed E-state index contributed by atoms with van der Waals surface area (Å²) in [6.45, 7) is 6.48. The Morgan fingerprint density at radius 1 is 1.19 bits per heavy atom. The third-order valence-corrected chi connectivity index (χ3v) is 7.21. The van der Waals surface area contributed by atoms with Crippen LogP contribution in [0, 0.1) is 5.92 Å². The van der Waals surface area contributed by atoms with Gasteiger partial charge in [-0.05, 0) is 30.4 Å². The van der Waals surface area contributed by atoms with E-state index in [1.807, 2.05) is 24.3 Å². The second kappa shape index (κ2) is 8.99. The van der Waals surface area contributed by atoms with E-state index >= 15 is 0 Å². The van der Waals surface area contributed by atoms with Gasteiger partial charge in [-0.15, -0.1) is 0 Å². The van der Waals surface area contributed by atoms with Crippen LogP contribution in [0.1, 0.15) is 31.4 Å². The molecule has 0 radical (unpaired) electrons. The van der Waals surface area contributed by atoms with Crippen LogP contribution in [0.4, 0.5) is 0 Å². The van der Waals surface area contributed by atoms with E-state index in [0.717, 1.165) is 31.5 Å². The number of benzene rings is 1. The predicted octanol–water partition coefficient (Wildman–Crippen LogP) is 2.28. The number of hydrogen-bond acceptors (Lipinski definition) is 4. The second-order valence-corrected chi connectivity index (χ2v) is 9.28. The van der Waals surface area contributed by atoms with Crippen molar-refractivity contribution in [2.24, 2.45) is 5.92 Å². The fraction of sp³-hybridized carbons (Fsp3) is 0.667. The molecule has 2 saturated heterocycles. The first-order valence-electron chi connectivity index (χ1n) is 9.28. The van der Waals surface area contributed by atoms with Crippen LogP contribution < -0.4 is 4.72 Å². The molecule has 0 spiro atoms. The Balaban J connectivity index is 1.72. The first-order chi connectivity index (χ1) is 12.5. The molecule has 26 heavy (non-hydrogen) atoms. The van der Waals surface area contributed by atoms with Crippen LogP contribution >= 0.6 is 11.6 Å². The van der Waals surface area contributed by atoms with Crippen molar-refractivity contribution < 1.29 is 13.2 Å². The summed E-state index contributed by atoms with van der Waals surface area (Å²) in [5, 5.41) is 0.662. The number of halogens is 1. The lowest BCUT2D eigenvalue weighted by Crippen LogP contribution is -2.48. The van der Waals surface area contributed by atoms with Crippen molar-refractivity contribution in [1.29, 1.82) is 0 Å². The molecule has 2 aliphatic rings. The number of nitrogens with zero attached hydrogens (tertiary/aromatic N) is 2. The maximum atomic E-state index is 12.7. The molecule has 146 valence electrons. The fourth-order valence-electron chi connectivity index (χ4n) is 3.57. The van der Waals surface area contributed by atoms with Gasteiger partial charge in [0.15, 0.2) is 0 Å². The lowest BCUT2D eigenvalue weighted by atomic mass is 10.0. The molecule has 1 aromatic rings. The molecular formula is C18H28ClN3O3S. The predicted molar refractivity (Wildman–Crippen MR) is 103 cm³/mol. The minimum absolute atomic E-state index is 0.105. The Bertz CT molecular complexity index is 687. The molecule has 0 aliphatic carbocycles. The monoisotopic (exact) mass is 401 g/mol. The van der Waals surface area contributed by atoms with Crippen molar-refractivity contribution in [2.75, 3.05) is 45.9 Å². The van der Waals surface area contributed by atoms with Gasteiger partial charge in [0.1, 0.15) is 0 Å². The summed E-state index contributed by atoms with van der Waals surface area (Å²) in [7, 11) is -3.48. The van der Waals surface area contributed by atoms with E-state index in [2.05, 4.69) is 16.5 Å². The van der Waals surface area contributed by atoms with E-state index in [1.165, 1.54) is 0 Å². The summed E-state index contributed by atoms with van der Waals surface area (Å²) >= 11 is 6.41. The maximum Gasteiger partial charge on any atom is 0.279 e. The highest BCUT2D eigenvalue weighted by atomic mass is 35.5. The van der Waals surface area contributed by atoms with Gasteiger partial charge in [-0.1, -0.05) is 36.7 Å². The quantitative estimate of drug-likeness (QED) is 0.794. The van der Waals surface area contributed by atoms with Crippen LogP contribution in [0.15, 0.2) is 24.3 Å². The molecule has 8 heteroatoms.